The van der Waals surface area contributed by atoms with Crippen molar-refractivity contribution in [1.82, 2.24) is 9.97 Å². The average Bonchev–Trinajstić information content (AvgIpc) is 3.21. The molecule has 3 nitrogen and oxygen atoms in total. The Kier molecular flexibility index (Phi) is 6.66. The van der Waals surface area contributed by atoms with E-state index in [2.05, 4.69) is 36.7 Å². The van der Waals surface area contributed by atoms with Gasteiger partial charge >= 0.3 is 0 Å². The molecule has 2 unspecified atom stereocenters. The number of Topliss-reactive ketones (excluding diaryl/α,β-unsaturated/α-hetero) is 1. The number of carbonyl (C=O) groups excluding carboxylic acids is 1. The van der Waals surface area contributed by atoms with Crippen LogP contribution in [0.4, 0.5) is 0 Å². The average molecular weight is 447 g/mol. The fourth-order valence-electron chi connectivity index (χ4n) is 4.74. The summed E-state index contributed by atoms with van der Waals surface area (Å²) in [7, 11) is 0. The van der Waals surface area contributed by atoms with Gasteiger partial charge in [-0.05, 0) is 61.4 Å². The fourth-order valence-corrected chi connectivity index (χ4v) is 5.01. The number of nitrogens with zero attached hydrogens (tertiary/aromatic N) is 1. The molecule has 1 aliphatic carbocycles. The number of rotatable bonds is 7. The molecule has 1 N–H and O–H groups in total. The monoisotopic (exact) mass is 446 g/mol. The number of benzene rings is 2. The van der Waals surface area contributed by atoms with Crippen molar-refractivity contribution in [2.75, 3.05) is 0 Å². The summed E-state index contributed by atoms with van der Waals surface area (Å²) in [5, 5.41) is 0.773. The summed E-state index contributed by atoms with van der Waals surface area (Å²) in [5.41, 5.74) is 7.10. The highest BCUT2D eigenvalue weighted by atomic mass is 35.5. The van der Waals surface area contributed by atoms with Crippen molar-refractivity contribution in [3.05, 3.63) is 82.2 Å². The highest BCUT2D eigenvalue weighted by molar-refractivity contribution is 6.31. The number of fused-ring (bicyclic) bond motifs is 1. The SMILES string of the molecule is C=C(C)C1CC(=O)C(C)=C(c2cccc3[nH]c(C(CCCC)c4ccccc4Cl)nc23)C1. The molecule has 0 spiro atoms. The maximum atomic E-state index is 12.7. The number of H-pyrrole nitrogens is 1. The lowest BCUT2D eigenvalue weighted by atomic mass is 9.78. The summed E-state index contributed by atoms with van der Waals surface area (Å²) in [4.78, 5) is 21.4. The Morgan fingerprint density at radius 3 is 2.72 bits per heavy atom. The van der Waals surface area contributed by atoms with Gasteiger partial charge in [0.15, 0.2) is 5.78 Å². The third-order valence-corrected chi connectivity index (χ3v) is 7.11. The molecule has 0 bridgehead atoms. The topological polar surface area (TPSA) is 45.8 Å². The van der Waals surface area contributed by atoms with Crippen LogP contribution in [0.2, 0.25) is 5.02 Å². The lowest BCUT2D eigenvalue weighted by molar-refractivity contribution is -0.116. The van der Waals surface area contributed by atoms with Gasteiger partial charge in [0.1, 0.15) is 5.82 Å². The van der Waals surface area contributed by atoms with Crippen LogP contribution in [0.1, 0.15) is 75.7 Å². The summed E-state index contributed by atoms with van der Waals surface area (Å²) >= 11 is 6.59. The number of imidazole rings is 1. The van der Waals surface area contributed by atoms with E-state index in [1.165, 1.54) is 0 Å². The van der Waals surface area contributed by atoms with Gasteiger partial charge in [0.05, 0.1) is 11.0 Å². The van der Waals surface area contributed by atoms with Gasteiger partial charge in [-0.2, -0.15) is 0 Å². The minimum absolute atomic E-state index is 0.107. The van der Waals surface area contributed by atoms with E-state index in [1.54, 1.807) is 0 Å². The third-order valence-electron chi connectivity index (χ3n) is 6.76. The summed E-state index contributed by atoms with van der Waals surface area (Å²) in [6, 6.07) is 14.3. The smallest absolute Gasteiger partial charge is 0.159 e. The van der Waals surface area contributed by atoms with Crippen molar-refractivity contribution >= 4 is 34.0 Å². The Balaban J connectivity index is 1.82. The van der Waals surface area contributed by atoms with E-state index in [0.717, 1.165) is 75.4 Å². The zero-order valence-corrected chi connectivity index (χ0v) is 19.9. The van der Waals surface area contributed by atoms with Crippen LogP contribution in [-0.2, 0) is 4.79 Å². The van der Waals surface area contributed by atoms with E-state index in [9.17, 15) is 4.79 Å². The van der Waals surface area contributed by atoms with Crippen LogP contribution in [0.5, 0.6) is 0 Å². The Bertz CT molecular complexity index is 1200. The quantitative estimate of drug-likeness (QED) is 0.375. The molecule has 2 atom stereocenters. The Hall–Kier alpha value is -2.65. The summed E-state index contributed by atoms with van der Waals surface area (Å²) in [5.74, 6) is 1.44. The van der Waals surface area contributed by atoms with E-state index in [1.807, 2.05) is 38.1 Å². The minimum Gasteiger partial charge on any atom is -0.341 e. The van der Waals surface area contributed by atoms with Crippen LogP contribution in [0.15, 0.2) is 60.2 Å². The van der Waals surface area contributed by atoms with Crippen LogP contribution in [0.25, 0.3) is 16.6 Å². The van der Waals surface area contributed by atoms with E-state index < -0.39 is 0 Å². The second-order valence-electron chi connectivity index (χ2n) is 9.02. The zero-order chi connectivity index (χ0) is 22.8. The molecule has 0 saturated carbocycles. The fraction of sp³-hybridized carbons (Fsp3) is 0.357. The van der Waals surface area contributed by atoms with E-state index >= 15 is 0 Å². The molecule has 32 heavy (non-hydrogen) atoms. The third kappa shape index (κ3) is 4.31. The first-order valence-corrected chi connectivity index (χ1v) is 11.9. The molecular weight excluding hydrogens is 416 g/mol. The number of nitrogens with one attached hydrogen (secondary N) is 1. The van der Waals surface area contributed by atoms with Crippen molar-refractivity contribution in [2.24, 2.45) is 5.92 Å². The molecule has 2 aromatic carbocycles. The first-order chi connectivity index (χ1) is 15.4. The molecule has 166 valence electrons. The van der Waals surface area contributed by atoms with Gasteiger partial charge in [0.2, 0.25) is 0 Å². The van der Waals surface area contributed by atoms with E-state index in [4.69, 9.17) is 16.6 Å². The first kappa shape index (κ1) is 22.5. The molecule has 0 aliphatic heterocycles. The first-order valence-electron chi connectivity index (χ1n) is 11.5. The highest BCUT2D eigenvalue weighted by Gasteiger charge is 2.28. The van der Waals surface area contributed by atoms with Gasteiger partial charge in [-0.15, -0.1) is 0 Å². The predicted octanol–water partition coefficient (Wildman–Crippen LogP) is 7.87. The Morgan fingerprint density at radius 1 is 1.22 bits per heavy atom. The number of hydrogen-bond acceptors (Lipinski definition) is 2. The number of aromatic amines is 1. The number of allylic oxidation sites excluding steroid dienone is 3. The molecule has 3 aromatic rings. The maximum absolute atomic E-state index is 12.7. The Labute approximate surface area is 195 Å². The molecule has 0 amide bonds. The van der Waals surface area contributed by atoms with E-state index in [0.29, 0.717) is 6.42 Å². The van der Waals surface area contributed by atoms with E-state index in [-0.39, 0.29) is 17.6 Å². The normalized spacial score (nSPS) is 17.8. The van der Waals surface area contributed by atoms with Crippen molar-refractivity contribution in [2.45, 2.75) is 58.8 Å². The van der Waals surface area contributed by atoms with Crippen LogP contribution in [0, 0.1) is 5.92 Å². The molecule has 0 radical (unpaired) electrons. The van der Waals surface area contributed by atoms with Gasteiger partial charge in [-0.25, -0.2) is 4.98 Å². The molecular formula is C28H31ClN2O. The molecule has 1 aliphatic rings. The van der Waals surface area contributed by atoms with Crippen molar-refractivity contribution in [1.29, 1.82) is 0 Å². The van der Waals surface area contributed by atoms with Gasteiger partial charge in [0, 0.05) is 22.9 Å². The number of aromatic nitrogens is 2. The van der Waals surface area contributed by atoms with Crippen molar-refractivity contribution < 1.29 is 4.79 Å². The van der Waals surface area contributed by atoms with Gasteiger partial charge < -0.3 is 4.98 Å². The number of ketones is 1. The second kappa shape index (κ2) is 9.46. The number of halogens is 1. The van der Waals surface area contributed by atoms with Crippen molar-refractivity contribution in [3.63, 3.8) is 0 Å². The molecule has 1 aromatic heterocycles. The molecule has 4 rings (SSSR count). The highest BCUT2D eigenvalue weighted by Crippen LogP contribution is 2.40. The molecule has 4 heteroatoms. The number of unbranched alkanes of at least 4 members (excludes halogenated alkanes) is 1. The number of para-hydroxylation sites is 1. The lowest BCUT2D eigenvalue weighted by Gasteiger charge is -2.25. The minimum atomic E-state index is 0.107. The second-order valence-corrected chi connectivity index (χ2v) is 9.43. The summed E-state index contributed by atoms with van der Waals surface area (Å²) < 4.78 is 0. The zero-order valence-electron chi connectivity index (χ0n) is 19.2. The van der Waals surface area contributed by atoms with Crippen LogP contribution in [-0.4, -0.2) is 15.8 Å². The van der Waals surface area contributed by atoms with Gasteiger partial charge in [-0.3, -0.25) is 4.79 Å². The summed E-state index contributed by atoms with van der Waals surface area (Å²) in [6.45, 7) is 10.3. The van der Waals surface area contributed by atoms with Crippen LogP contribution < -0.4 is 0 Å². The molecule has 0 fully saturated rings. The largest absolute Gasteiger partial charge is 0.341 e. The van der Waals surface area contributed by atoms with Gasteiger partial charge in [-0.1, -0.05) is 73.9 Å². The number of carbonyl (C=O) groups is 1. The van der Waals surface area contributed by atoms with Gasteiger partial charge in [0.25, 0.3) is 0 Å². The Morgan fingerprint density at radius 2 is 2.00 bits per heavy atom. The molecule has 0 saturated heterocycles. The number of hydrogen-bond donors (Lipinski definition) is 1. The predicted molar refractivity (Wildman–Crippen MR) is 134 cm³/mol. The molecule has 1 heterocycles. The standard InChI is InChI=1S/C28H31ClN2O/c1-5-6-10-22(20-11-7-8-13-24(20)29)28-30-25-14-9-12-21(27(25)31-28)23-15-19(17(2)3)16-26(32)18(23)4/h7-9,11-14,19,22H,2,5-6,10,15-16H2,1,3-4H3,(H,30,31). The van der Waals surface area contributed by atoms with Crippen LogP contribution in [0.3, 0.4) is 0 Å². The lowest BCUT2D eigenvalue weighted by Crippen LogP contribution is -2.18. The maximum Gasteiger partial charge on any atom is 0.159 e. The van der Waals surface area contributed by atoms with Crippen LogP contribution >= 0.6 is 11.6 Å². The summed E-state index contributed by atoms with van der Waals surface area (Å²) in [6.07, 6.45) is 4.57. The van der Waals surface area contributed by atoms with Crippen molar-refractivity contribution in [3.8, 4) is 0 Å².